The monoisotopic (exact) mass is 491 g/mol. The van der Waals surface area contributed by atoms with Crippen LogP contribution in [-0.2, 0) is 32.3 Å². The van der Waals surface area contributed by atoms with E-state index >= 15 is 0 Å². The molecule has 1 aliphatic rings. The Hall–Kier alpha value is -3.98. The zero-order valence-corrected chi connectivity index (χ0v) is 19.9. The van der Waals surface area contributed by atoms with Gasteiger partial charge in [0.15, 0.2) is 9.84 Å². The summed E-state index contributed by atoms with van der Waals surface area (Å²) in [5, 5.41) is 5.35. The topological polar surface area (TPSA) is 113 Å². The van der Waals surface area contributed by atoms with Crippen molar-refractivity contribution >= 4 is 33.4 Å². The summed E-state index contributed by atoms with van der Waals surface area (Å²) >= 11 is 0. The number of para-hydroxylation sites is 1. The van der Waals surface area contributed by atoms with E-state index < -0.39 is 39.8 Å². The minimum Gasteiger partial charge on any atom is -0.323 e. The zero-order valence-electron chi connectivity index (χ0n) is 19.1. The van der Waals surface area contributed by atoms with Crippen molar-refractivity contribution < 1.29 is 22.8 Å². The molecule has 0 atom stereocenters. The first-order valence-electron chi connectivity index (χ1n) is 11.0. The predicted molar refractivity (Wildman–Crippen MR) is 131 cm³/mol. The van der Waals surface area contributed by atoms with E-state index in [-0.39, 0.29) is 23.4 Å². The van der Waals surface area contributed by atoms with Crippen LogP contribution < -0.4 is 10.6 Å². The molecule has 1 fully saturated rings. The Labute approximate surface area is 203 Å². The van der Waals surface area contributed by atoms with Gasteiger partial charge < -0.3 is 10.6 Å². The highest BCUT2D eigenvalue weighted by Crippen LogP contribution is 2.28. The molecule has 0 aromatic heterocycles. The highest BCUT2D eigenvalue weighted by Gasteiger charge is 2.51. The fourth-order valence-electron chi connectivity index (χ4n) is 4.24. The maximum Gasteiger partial charge on any atom is 0.325 e. The van der Waals surface area contributed by atoms with Crippen molar-refractivity contribution in [1.82, 2.24) is 10.2 Å². The number of nitrogens with zero attached hydrogens (tertiary/aromatic N) is 1. The van der Waals surface area contributed by atoms with Crippen LogP contribution in [0, 0.1) is 0 Å². The van der Waals surface area contributed by atoms with Crippen LogP contribution in [0.5, 0.6) is 0 Å². The van der Waals surface area contributed by atoms with Crippen LogP contribution in [0.1, 0.15) is 11.1 Å². The van der Waals surface area contributed by atoms with E-state index in [1.54, 1.807) is 12.1 Å². The lowest BCUT2D eigenvalue weighted by Crippen LogP contribution is -2.51. The highest BCUT2D eigenvalue weighted by molar-refractivity contribution is 7.90. The molecule has 1 saturated heterocycles. The van der Waals surface area contributed by atoms with Crippen molar-refractivity contribution in [3.05, 3.63) is 96.1 Å². The van der Waals surface area contributed by atoms with Gasteiger partial charge >= 0.3 is 6.03 Å². The highest BCUT2D eigenvalue weighted by atomic mass is 32.2. The summed E-state index contributed by atoms with van der Waals surface area (Å²) in [5.41, 5.74) is 0.563. The van der Waals surface area contributed by atoms with Gasteiger partial charge in [0, 0.05) is 19.1 Å². The van der Waals surface area contributed by atoms with Gasteiger partial charge in [-0.25, -0.2) is 13.2 Å². The number of carbonyl (C=O) groups is 3. The van der Waals surface area contributed by atoms with E-state index in [0.29, 0.717) is 0 Å². The quantitative estimate of drug-likeness (QED) is 0.471. The van der Waals surface area contributed by atoms with Gasteiger partial charge in [0.1, 0.15) is 12.1 Å². The Morgan fingerprint density at radius 2 is 1.37 bits per heavy atom. The molecule has 0 bridgehead atoms. The molecular formula is C26H25N3O5S. The van der Waals surface area contributed by atoms with Gasteiger partial charge in [0.05, 0.1) is 10.6 Å². The number of carbonyl (C=O) groups excluding carboxylic acids is 3. The average molecular weight is 492 g/mol. The molecule has 2 N–H and O–H groups in total. The minimum atomic E-state index is -3.59. The summed E-state index contributed by atoms with van der Waals surface area (Å²) < 4.78 is 24.1. The molecule has 1 heterocycles. The number of rotatable bonds is 8. The smallest absolute Gasteiger partial charge is 0.323 e. The second-order valence-corrected chi connectivity index (χ2v) is 10.5. The van der Waals surface area contributed by atoms with Crippen LogP contribution in [0.25, 0.3) is 0 Å². The molecule has 9 heteroatoms. The summed E-state index contributed by atoms with van der Waals surface area (Å²) in [6.45, 7) is -0.548. The van der Waals surface area contributed by atoms with Gasteiger partial charge in [0.25, 0.3) is 5.91 Å². The van der Waals surface area contributed by atoms with Crippen molar-refractivity contribution in [3.8, 4) is 0 Å². The second-order valence-electron chi connectivity index (χ2n) is 8.54. The average Bonchev–Trinajstić information content (AvgIpc) is 3.04. The molecule has 3 aromatic rings. The lowest BCUT2D eigenvalue weighted by molar-refractivity contribution is -0.133. The normalized spacial score (nSPS) is 15.1. The van der Waals surface area contributed by atoms with Crippen molar-refractivity contribution in [2.75, 3.05) is 18.1 Å². The van der Waals surface area contributed by atoms with E-state index in [4.69, 9.17) is 0 Å². The lowest BCUT2D eigenvalue weighted by Gasteiger charge is -2.27. The summed E-state index contributed by atoms with van der Waals surface area (Å²) in [5.74, 6) is -1.19. The summed E-state index contributed by atoms with van der Waals surface area (Å²) in [6, 6.07) is 24.0. The molecular weight excluding hydrogens is 466 g/mol. The van der Waals surface area contributed by atoms with Crippen LogP contribution in [0.2, 0.25) is 0 Å². The second kappa shape index (κ2) is 9.71. The largest absolute Gasteiger partial charge is 0.325 e. The van der Waals surface area contributed by atoms with Crippen molar-refractivity contribution in [2.24, 2.45) is 0 Å². The fraction of sp³-hybridized carbons (Fsp3) is 0.192. The predicted octanol–water partition coefficient (Wildman–Crippen LogP) is 2.80. The molecule has 8 nitrogen and oxygen atoms in total. The van der Waals surface area contributed by atoms with Gasteiger partial charge in [0.2, 0.25) is 5.91 Å². The van der Waals surface area contributed by atoms with E-state index in [1.165, 1.54) is 12.1 Å². The number of urea groups is 1. The standard InChI is InChI=1S/C26H25N3O5S/c1-35(33,34)22-15-9-8-14-21(22)27-23(30)18-29-24(31)26(28-25(29)32,16-19-10-4-2-5-11-19)17-20-12-6-3-7-13-20/h2-15H,16-18H2,1H3,(H,27,30)(H,28,32). The van der Waals surface area contributed by atoms with Crippen molar-refractivity contribution in [1.29, 1.82) is 0 Å². The van der Waals surface area contributed by atoms with Gasteiger partial charge in [-0.15, -0.1) is 0 Å². The van der Waals surface area contributed by atoms with E-state index in [1.807, 2.05) is 60.7 Å². The van der Waals surface area contributed by atoms with E-state index in [0.717, 1.165) is 22.3 Å². The SMILES string of the molecule is CS(=O)(=O)c1ccccc1NC(=O)CN1C(=O)NC(Cc2ccccc2)(Cc2ccccc2)C1=O. The molecule has 0 saturated carbocycles. The van der Waals surface area contributed by atoms with Gasteiger partial charge in [-0.1, -0.05) is 72.8 Å². The van der Waals surface area contributed by atoms with Gasteiger partial charge in [-0.3, -0.25) is 14.5 Å². The van der Waals surface area contributed by atoms with Gasteiger partial charge in [-0.05, 0) is 23.3 Å². The van der Waals surface area contributed by atoms with E-state index in [2.05, 4.69) is 10.6 Å². The molecule has 180 valence electrons. The number of sulfone groups is 1. The molecule has 1 aliphatic heterocycles. The van der Waals surface area contributed by atoms with Crippen LogP contribution in [0.4, 0.5) is 10.5 Å². The molecule has 4 amide bonds. The molecule has 0 spiro atoms. The zero-order chi connectivity index (χ0) is 25.1. The van der Waals surface area contributed by atoms with Crippen molar-refractivity contribution in [3.63, 3.8) is 0 Å². The number of hydrogen-bond acceptors (Lipinski definition) is 5. The third-order valence-electron chi connectivity index (χ3n) is 5.81. The maximum atomic E-state index is 13.6. The van der Waals surface area contributed by atoms with Crippen LogP contribution >= 0.6 is 0 Å². The van der Waals surface area contributed by atoms with Crippen LogP contribution in [0.3, 0.4) is 0 Å². The Morgan fingerprint density at radius 3 is 1.91 bits per heavy atom. The Morgan fingerprint density at radius 1 is 0.857 bits per heavy atom. The molecule has 0 aliphatic carbocycles. The van der Waals surface area contributed by atoms with Gasteiger partial charge in [-0.2, -0.15) is 0 Å². The molecule has 0 unspecified atom stereocenters. The fourth-order valence-corrected chi connectivity index (χ4v) is 5.08. The number of hydrogen-bond donors (Lipinski definition) is 2. The summed E-state index contributed by atoms with van der Waals surface area (Å²) in [7, 11) is -3.59. The first-order chi connectivity index (χ1) is 16.7. The Balaban J connectivity index is 1.58. The molecule has 3 aromatic carbocycles. The van der Waals surface area contributed by atoms with Crippen LogP contribution in [-0.4, -0.2) is 49.5 Å². The minimum absolute atomic E-state index is 0.0481. The molecule has 35 heavy (non-hydrogen) atoms. The third kappa shape index (κ3) is 5.41. The number of imide groups is 1. The van der Waals surface area contributed by atoms with E-state index in [9.17, 15) is 22.8 Å². The van der Waals surface area contributed by atoms with Crippen LogP contribution in [0.15, 0.2) is 89.8 Å². The molecule has 4 rings (SSSR count). The summed E-state index contributed by atoms with van der Waals surface area (Å²) in [6.07, 6.45) is 1.54. The Bertz CT molecular complexity index is 1320. The number of benzene rings is 3. The third-order valence-corrected chi connectivity index (χ3v) is 6.96. The first-order valence-corrected chi connectivity index (χ1v) is 12.9. The molecule has 0 radical (unpaired) electrons. The summed E-state index contributed by atoms with van der Waals surface area (Å²) in [4.78, 5) is 40.2. The Kier molecular flexibility index (Phi) is 6.70. The number of amides is 4. The lowest BCUT2D eigenvalue weighted by atomic mass is 9.84. The number of anilines is 1. The maximum absolute atomic E-state index is 13.6. The number of nitrogens with one attached hydrogen (secondary N) is 2. The first kappa shape index (κ1) is 24.2. The van der Waals surface area contributed by atoms with Crippen molar-refractivity contribution in [2.45, 2.75) is 23.3 Å².